The molecule has 0 aliphatic heterocycles. The van der Waals surface area contributed by atoms with Crippen LogP contribution in [0.3, 0.4) is 0 Å². The monoisotopic (exact) mass is 1050 g/mol. The highest BCUT2D eigenvalue weighted by atomic mass is 31.2. The SMILES string of the molecule is CC/C=C\C/C=C\C/C=C\C/C=C\C=C/C(O)C/C=C\CCC(=O)OC[C@H](COP(=O)(O)O[C@H]1C(O)C(O)C(O)[C@@H](OP(=O)(O)O)C1O)OC(=O)CCCCC/C=C\C/C=C\C/C=C\C/C=C\C/C=C\CC. The molecule has 0 aromatic heterocycles. The number of allylic oxidation sites excluding steroid dienone is 20. The Morgan fingerprint density at radius 1 is 0.514 bits per heavy atom. The number of ether oxygens (including phenoxy) is 2. The Hall–Kier alpha value is -3.90. The van der Waals surface area contributed by atoms with Gasteiger partial charge in [0.2, 0.25) is 0 Å². The number of hydrogen-bond acceptors (Lipinski definition) is 14. The van der Waals surface area contributed by atoms with Crippen LogP contribution in [0, 0.1) is 0 Å². The molecule has 1 rings (SSSR count). The minimum absolute atomic E-state index is 0.0414. The molecule has 0 heterocycles. The Morgan fingerprint density at radius 2 is 1.00 bits per heavy atom. The first-order valence-electron chi connectivity index (χ1n) is 24.8. The van der Waals surface area contributed by atoms with Gasteiger partial charge in [-0.2, -0.15) is 0 Å². The molecule has 0 bridgehead atoms. The predicted octanol–water partition coefficient (Wildman–Crippen LogP) is 9.03. The molecule has 1 fully saturated rings. The highest BCUT2D eigenvalue weighted by Crippen LogP contribution is 2.49. The van der Waals surface area contributed by atoms with E-state index in [1.807, 2.05) is 12.2 Å². The van der Waals surface area contributed by atoms with Gasteiger partial charge in [0.05, 0.1) is 12.7 Å². The quantitative estimate of drug-likeness (QED) is 0.00937. The van der Waals surface area contributed by atoms with Crippen LogP contribution in [0.15, 0.2) is 134 Å². The number of esters is 2. The van der Waals surface area contributed by atoms with Crippen LogP contribution in [-0.4, -0.2) is 114 Å². The lowest BCUT2D eigenvalue weighted by Gasteiger charge is -2.43. The number of carbonyl (C=O) groups is 2. The number of aliphatic hydroxyl groups is 5. The summed E-state index contributed by atoms with van der Waals surface area (Å²) >= 11 is 0. The van der Waals surface area contributed by atoms with Gasteiger partial charge in [0.1, 0.15) is 43.2 Å². The molecule has 8 N–H and O–H groups in total. The van der Waals surface area contributed by atoms with Crippen molar-refractivity contribution in [2.75, 3.05) is 13.2 Å². The van der Waals surface area contributed by atoms with Crippen molar-refractivity contribution in [1.29, 1.82) is 0 Å². The fourth-order valence-electron chi connectivity index (χ4n) is 6.51. The normalized spacial score (nSPS) is 22.3. The van der Waals surface area contributed by atoms with Gasteiger partial charge < -0.3 is 49.7 Å². The van der Waals surface area contributed by atoms with E-state index in [0.717, 1.165) is 70.6 Å². The summed E-state index contributed by atoms with van der Waals surface area (Å²) < 4.78 is 49.3. The molecule has 0 aromatic carbocycles. The Bertz CT molecular complexity index is 1910. The van der Waals surface area contributed by atoms with Crippen LogP contribution in [0.5, 0.6) is 0 Å². The standard InChI is InChI=1S/C53H82O17P2/c1-3-5-7-9-11-13-15-17-18-19-20-21-22-24-26-28-30-32-36-41-47(56)68-45(43-67-72(64,65)70-53-50(59)48(57)49(58)52(51(53)60)69-71(61,62)63)42-66-46(55)40-37-33-35-39-44(54)38-34-31-29-27-25-23-16-14-12-10-8-6-4-2/h5-8,11-14,17-18,20-21,23-26,29,31,33-35,38,44-45,48-54,57-60H,3-4,9-10,15-16,19,22,27-28,30,32,36-37,39-43H2,1-2H3,(H,64,65)(H2,61,62,63)/b7-5-,8-6-,13-11-,14-12-,18-17-,21-20-,25-23-,26-24-,31-29-,35-33-,38-34-/t44?,45-,48?,49?,50?,51?,52-,53+/m1/s1. The molecule has 0 radical (unpaired) electrons. The minimum Gasteiger partial charge on any atom is -0.462 e. The second-order valence-electron chi connectivity index (χ2n) is 16.6. The molecule has 1 aliphatic carbocycles. The number of phosphoric ester groups is 2. The molecule has 9 atom stereocenters. The summed E-state index contributed by atoms with van der Waals surface area (Å²) in [5, 5.41) is 51.6. The van der Waals surface area contributed by atoms with Crippen molar-refractivity contribution < 1.29 is 82.0 Å². The van der Waals surface area contributed by atoms with Crippen molar-refractivity contribution in [3.05, 3.63) is 134 Å². The number of unbranched alkanes of at least 4 members (excludes halogenated alkanes) is 3. The molecular weight excluding hydrogens is 971 g/mol. The third kappa shape index (κ3) is 35.3. The summed E-state index contributed by atoms with van der Waals surface area (Å²) in [5.41, 5.74) is 0. The molecule has 72 heavy (non-hydrogen) atoms. The van der Waals surface area contributed by atoms with E-state index in [9.17, 15) is 58.9 Å². The summed E-state index contributed by atoms with van der Waals surface area (Å²) in [6.45, 7) is 2.69. The number of rotatable bonds is 39. The molecule has 1 saturated carbocycles. The number of aliphatic hydroxyl groups excluding tert-OH is 5. The first kappa shape index (κ1) is 66.1. The van der Waals surface area contributed by atoms with Gasteiger partial charge in [0.25, 0.3) is 0 Å². The Balaban J connectivity index is 2.69. The smallest absolute Gasteiger partial charge is 0.462 e. The second-order valence-corrected chi connectivity index (χ2v) is 19.2. The Morgan fingerprint density at radius 3 is 1.53 bits per heavy atom. The van der Waals surface area contributed by atoms with Crippen LogP contribution in [-0.2, 0) is 41.8 Å². The van der Waals surface area contributed by atoms with Gasteiger partial charge in [-0.1, -0.05) is 154 Å². The maximum atomic E-state index is 13.0. The van der Waals surface area contributed by atoms with Crippen molar-refractivity contribution in [3.63, 3.8) is 0 Å². The van der Waals surface area contributed by atoms with Gasteiger partial charge in [-0.05, 0) is 89.9 Å². The Kier molecular flexibility index (Phi) is 38.1. The fourth-order valence-corrected chi connectivity index (χ4v) is 8.05. The summed E-state index contributed by atoms with van der Waals surface area (Å²) in [6.07, 6.45) is 39.9. The first-order valence-corrected chi connectivity index (χ1v) is 27.9. The molecule has 19 heteroatoms. The maximum absolute atomic E-state index is 13.0. The van der Waals surface area contributed by atoms with Crippen LogP contribution >= 0.6 is 15.6 Å². The molecule has 6 unspecified atom stereocenters. The highest BCUT2D eigenvalue weighted by Gasteiger charge is 2.54. The van der Waals surface area contributed by atoms with E-state index in [0.29, 0.717) is 19.3 Å². The number of hydrogen-bond donors (Lipinski definition) is 8. The van der Waals surface area contributed by atoms with Gasteiger partial charge in [0, 0.05) is 12.8 Å². The van der Waals surface area contributed by atoms with Gasteiger partial charge in [0.15, 0.2) is 6.10 Å². The summed E-state index contributed by atoms with van der Waals surface area (Å²) in [4.78, 5) is 54.4. The van der Waals surface area contributed by atoms with E-state index < -0.39 is 89.6 Å². The topological polar surface area (TPSA) is 276 Å². The third-order valence-electron chi connectivity index (χ3n) is 10.3. The molecule has 0 spiro atoms. The molecule has 1 aliphatic rings. The van der Waals surface area contributed by atoms with E-state index in [4.69, 9.17) is 18.5 Å². The Labute approximate surface area is 426 Å². The fraction of sp³-hybridized carbons (Fsp3) is 0.547. The van der Waals surface area contributed by atoms with E-state index in [1.165, 1.54) is 0 Å². The lowest BCUT2D eigenvalue weighted by molar-refractivity contribution is -0.216. The average Bonchev–Trinajstić information content (AvgIpc) is 3.33. The zero-order valence-electron chi connectivity index (χ0n) is 41.9. The van der Waals surface area contributed by atoms with Crippen LogP contribution in [0.4, 0.5) is 0 Å². The average molecular weight is 1050 g/mol. The van der Waals surface area contributed by atoms with E-state index in [2.05, 4.69) is 116 Å². The van der Waals surface area contributed by atoms with Crippen LogP contribution in [0.2, 0.25) is 0 Å². The van der Waals surface area contributed by atoms with Crippen LogP contribution < -0.4 is 0 Å². The number of phosphoric acid groups is 2. The number of carbonyl (C=O) groups excluding carboxylic acids is 2. The van der Waals surface area contributed by atoms with E-state index in [-0.39, 0.29) is 19.3 Å². The zero-order valence-corrected chi connectivity index (χ0v) is 43.7. The summed E-state index contributed by atoms with van der Waals surface area (Å²) in [6, 6.07) is 0. The maximum Gasteiger partial charge on any atom is 0.472 e. The van der Waals surface area contributed by atoms with Gasteiger partial charge in [-0.25, -0.2) is 9.13 Å². The van der Waals surface area contributed by atoms with E-state index >= 15 is 0 Å². The predicted molar refractivity (Wildman–Crippen MR) is 279 cm³/mol. The third-order valence-corrected chi connectivity index (χ3v) is 11.8. The van der Waals surface area contributed by atoms with Crippen LogP contribution in [0.25, 0.3) is 0 Å². The van der Waals surface area contributed by atoms with Crippen molar-refractivity contribution in [1.82, 2.24) is 0 Å². The van der Waals surface area contributed by atoms with Crippen molar-refractivity contribution >= 4 is 27.6 Å². The molecule has 17 nitrogen and oxygen atoms in total. The van der Waals surface area contributed by atoms with E-state index in [1.54, 1.807) is 24.3 Å². The molecule has 406 valence electrons. The first-order chi connectivity index (χ1) is 34.5. The molecule has 0 saturated heterocycles. The minimum atomic E-state index is -5.40. The lowest BCUT2D eigenvalue weighted by atomic mass is 9.85. The van der Waals surface area contributed by atoms with Gasteiger partial charge in [-0.3, -0.25) is 23.2 Å². The summed E-state index contributed by atoms with van der Waals surface area (Å²) in [7, 11) is -10.8. The molecule has 0 aromatic rings. The van der Waals surface area contributed by atoms with Crippen molar-refractivity contribution in [3.8, 4) is 0 Å². The second kappa shape index (κ2) is 41.5. The van der Waals surface area contributed by atoms with Gasteiger partial charge >= 0.3 is 27.6 Å². The van der Waals surface area contributed by atoms with Gasteiger partial charge in [-0.15, -0.1) is 0 Å². The van der Waals surface area contributed by atoms with Crippen molar-refractivity contribution in [2.24, 2.45) is 0 Å². The molecular formula is C53H82O17P2. The van der Waals surface area contributed by atoms with Crippen molar-refractivity contribution in [2.45, 2.75) is 172 Å². The van der Waals surface area contributed by atoms with Crippen LogP contribution in [0.1, 0.15) is 123 Å². The lowest BCUT2D eigenvalue weighted by Crippen LogP contribution is -2.64. The highest BCUT2D eigenvalue weighted by molar-refractivity contribution is 7.47. The summed E-state index contributed by atoms with van der Waals surface area (Å²) in [5.74, 6) is -1.44. The largest absolute Gasteiger partial charge is 0.472 e. The zero-order chi connectivity index (χ0) is 53.3. The molecule has 0 amide bonds.